The van der Waals surface area contributed by atoms with Crippen LogP contribution in [-0.2, 0) is 9.13 Å². The summed E-state index contributed by atoms with van der Waals surface area (Å²) in [4.78, 5) is 23.8. The van der Waals surface area contributed by atoms with Crippen LogP contribution in [0.1, 0.15) is 38.5 Å². The van der Waals surface area contributed by atoms with E-state index in [0.717, 1.165) is 6.04 Å². The molecule has 0 radical (unpaired) electrons. The molecule has 0 aromatic rings. The lowest BCUT2D eigenvalue weighted by Crippen LogP contribution is -2.23. The normalized spacial score (nSPS) is 18.9. The standard InChI is InChI=1S/C8H17N.CH4O5P2/c1-9-8-6-4-2-3-5-7-8;2-7(3)1-8(4,5)6/h8-9H,2-7H2,1H3;1H2,(H2-,2,3,4,5,6)/p+1. The van der Waals surface area contributed by atoms with Gasteiger partial charge in [0.1, 0.15) is 0 Å². The summed E-state index contributed by atoms with van der Waals surface area (Å²) in [5, 5.41) is 3.34. The van der Waals surface area contributed by atoms with Crippen LogP contribution in [0.5, 0.6) is 0 Å². The lowest BCUT2D eigenvalue weighted by atomic mass is 10.1. The molecule has 0 aromatic heterocycles. The third kappa shape index (κ3) is 12.4. The van der Waals surface area contributed by atoms with Gasteiger partial charge < -0.3 is 15.1 Å². The van der Waals surface area contributed by atoms with E-state index in [2.05, 4.69) is 12.4 Å². The third-order valence-electron chi connectivity index (χ3n) is 2.57. The molecule has 0 saturated heterocycles. The van der Waals surface area contributed by atoms with Gasteiger partial charge in [0.25, 0.3) is 5.90 Å². The van der Waals surface area contributed by atoms with E-state index in [-0.39, 0.29) is 0 Å². The fourth-order valence-electron chi connectivity index (χ4n) is 1.73. The first-order valence-electron chi connectivity index (χ1n) is 5.70. The fourth-order valence-corrected chi connectivity index (χ4v) is 2.99. The highest BCUT2D eigenvalue weighted by molar-refractivity contribution is 7.64. The quantitative estimate of drug-likeness (QED) is 0.465. The summed E-state index contributed by atoms with van der Waals surface area (Å²) in [6, 6.07) is 0.826. The van der Waals surface area contributed by atoms with Gasteiger partial charge in [-0.25, -0.2) is 0 Å². The van der Waals surface area contributed by atoms with Crippen LogP contribution >= 0.6 is 15.6 Å². The Morgan fingerprint density at radius 3 is 1.94 bits per heavy atom. The summed E-state index contributed by atoms with van der Waals surface area (Å²) in [6.07, 6.45) is 8.58. The molecule has 4 N–H and O–H groups in total. The lowest BCUT2D eigenvalue weighted by molar-refractivity contribution is 0.377. The van der Waals surface area contributed by atoms with Crippen LogP contribution in [0.2, 0.25) is 0 Å². The SMILES string of the molecule is CNC1CCCCCC1.O=[P+](O)CP(=O)(O)O. The van der Waals surface area contributed by atoms with Crippen molar-refractivity contribution in [2.24, 2.45) is 0 Å². The van der Waals surface area contributed by atoms with E-state index in [1.54, 1.807) is 0 Å². The van der Waals surface area contributed by atoms with Gasteiger partial charge >= 0.3 is 15.6 Å². The number of nitrogens with one attached hydrogen (secondary N) is 1. The Morgan fingerprint density at radius 1 is 1.24 bits per heavy atom. The second-order valence-electron chi connectivity index (χ2n) is 4.14. The average Bonchev–Trinajstić information content (AvgIpc) is 2.42. The first kappa shape index (κ1) is 17.2. The summed E-state index contributed by atoms with van der Waals surface area (Å²) in [7, 11) is -4.88. The van der Waals surface area contributed by atoms with Gasteiger partial charge in [0.2, 0.25) is 0 Å². The zero-order chi connectivity index (χ0) is 13.3. The number of hydrogen-bond donors (Lipinski definition) is 4. The second kappa shape index (κ2) is 9.15. The van der Waals surface area contributed by atoms with Crippen molar-refractivity contribution in [3.63, 3.8) is 0 Å². The summed E-state index contributed by atoms with van der Waals surface area (Å²) in [5.41, 5.74) is 0. The molecule has 1 saturated carbocycles. The van der Waals surface area contributed by atoms with E-state index in [0.29, 0.717) is 0 Å². The molecule has 8 heteroatoms. The highest BCUT2D eigenvalue weighted by Crippen LogP contribution is 2.42. The van der Waals surface area contributed by atoms with E-state index in [1.165, 1.54) is 38.5 Å². The zero-order valence-corrected chi connectivity index (χ0v) is 11.9. The smallest absolute Gasteiger partial charge is 0.321 e. The van der Waals surface area contributed by atoms with Gasteiger partial charge in [-0.2, -0.15) is 4.89 Å². The van der Waals surface area contributed by atoms with Crippen molar-refractivity contribution >= 4 is 15.6 Å². The molecule has 1 atom stereocenters. The molecule has 1 rings (SSSR count). The van der Waals surface area contributed by atoms with Crippen molar-refractivity contribution in [1.29, 1.82) is 0 Å². The molecule has 0 spiro atoms. The van der Waals surface area contributed by atoms with E-state index in [1.807, 2.05) is 0 Å². The van der Waals surface area contributed by atoms with Crippen LogP contribution in [0.15, 0.2) is 0 Å². The molecular formula is C9H22NO5P2+. The van der Waals surface area contributed by atoms with E-state index in [4.69, 9.17) is 14.7 Å². The van der Waals surface area contributed by atoms with Crippen molar-refractivity contribution in [3.05, 3.63) is 0 Å². The van der Waals surface area contributed by atoms with Crippen LogP contribution in [0.4, 0.5) is 0 Å². The maximum absolute atomic E-state index is 9.79. The molecule has 1 fully saturated rings. The van der Waals surface area contributed by atoms with Gasteiger partial charge in [-0.05, 0) is 24.5 Å². The molecule has 0 heterocycles. The lowest BCUT2D eigenvalue weighted by Gasteiger charge is -2.10. The first-order chi connectivity index (χ1) is 7.85. The number of rotatable bonds is 3. The molecular weight excluding hydrogens is 264 g/mol. The van der Waals surface area contributed by atoms with Crippen LogP contribution in [0.3, 0.4) is 0 Å². The Kier molecular flexibility index (Phi) is 9.24. The minimum atomic E-state index is -4.26. The van der Waals surface area contributed by atoms with Crippen molar-refractivity contribution in [1.82, 2.24) is 5.32 Å². The largest absolute Gasteiger partial charge is 0.518 e. The third-order valence-corrected chi connectivity index (χ3v) is 5.01. The summed E-state index contributed by atoms with van der Waals surface area (Å²) in [6.45, 7) is 0. The van der Waals surface area contributed by atoms with E-state index >= 15 is 0 Å². The van der Waals surface area contributed by atoms with Crippen molar-refractivity contribution < 1.29 is 23.8 Å². The predicted molar refractivity (Wildman–Crippen MR) is 67.3 cm³/mol. The van der Waals surface area contributed by atoms with Crippen molar-refractivity contribution in [3.8, 4) is 0 Å². The summed E-state index contributed by atoms with van der Waals surface area (Å²) in [5.74, 6) is -0.942. The van der Waals surface area contributed by atoms with Crippen molar-refractivity contribution in [2.45, 2.75) is 44.6 Å². The topological polar surface area (TPSA) is 107 Å². The molecule has 1 aliphatic carbocycles. The molecule has 6 nitrogen and oxygen atoms in total. The van der Waals surface area contributed by atoms with Crippen LogP contribution in [-0.4, -0.2) is 33.7 Å². The van der Waals surface area contributed by atoms with Gasteiger partial charge in [-0.15, -0.1) is 0 Å². The predicted octanol–water partition coefficient (Wildman–Crippen LogP) is 1.78. The Balaban J connectivity index is 0.000000304. The van der Waals surface area contributed by atoms with Gasteiger partial charge in [0, 0.05) is 6.04 Å². The maximum Gasteiger partial charge on any atom is 0.518 e. The summed E-state index contributed by atoms with van der Waals surface area (Å²) >= 11 is 0. The Bertz CT molecular complexity index is 260. The molecule has 0 aliphatic heterocycles. The van der Waals surface area contributed by atoms with Crippen LogP contribution in [0.25, 0.3) is 0 Å². The van der Waals surface area contributed by atoms with Crippen molar-refractivity contribution in [2.75, 3.05) is 13.0 Å². The average molecular weight is 286 g/mol. The Hall–Kier alpha value is 0.170. The molecule has 17 heavy (non-hydrogen) atoms. The second-order valence-corrected chi connectivity index (χ2v) is 7.30. The van der Waals surface area contributed by atoms with Gasteiger partial charge in [0.15, 0.2) is 0 Å². The minimum absolute atomic E-state index is 0.826. The Labute approximate surface area is 103 Å². The minimum Gasteiger partial charge on any atom is -0.321 e. The first-order valence-corrected chi connectivity index (χ1v) is 8.90. The molecule has 1 unspecified atom stereocenters. The molecule has 1 aliphatic rings. The van der Waals surface area contributed by atoms with E-state index in [9.17, 15) is 9.13 Å². The fraction of sp³-hybridized carbons (Fsp3) is 1.00. The van der Waals surface area contributed by atoms with Gasteiger partial charge in [-0.1, -0.05) is 25.7 Å². The Morgan fingerprint density at radius 2 is 1.71 bits per heavy atom. The number of hydrogen-bond acceptors (Lipinski definition) is 3. The monoisotopic (exact) mass is 286 g/mol. The molecule has 102 valence electrons. The van der Waals surface area contributed by atoms with Gasteiger partial charge in [-0.3, -0.25) is 4.57 Å². The molecule has 0 bridgehead atoms. The van der Waals surface area contributed by atoms with E-state index < -0.39 is 21.5 Å². The highest BCUT2D eigenvalue weighted by Gasteiger charge is 2.27. The summed E-state index contributed by atoms with van der Waals surface area (Å²) < 4.78 is 19.5. The van der Waals surface area contributed by atoms with Gasteiger partial charge in [0.05, 0.1) is 0 Å². The zero-order valence-electron chi connectivity index (χ0n) is 10.1. The molecule has 0 aromatic carbocycles. The van der Waals surface area contributed by atoms with Crippen LogP contribution < -0.4 is 5.32 Å². The highest BCUT2D eigenvalue weighted by atomic mass is 31.2. The van der Waals surface area contributed by atoms with Crippen LogP contribution in [0, 0.1) is 0 Å². The molecule has 0 amide bonds. The maximum atomic E-state index is 9.79.